The van der Waals surface area contributed by atoms with Gasteiger partial charge in [-0.2, -0.15) is 0 Å². The van der Waals surface area contributed by atoms with E-state index in [0.29, 0.717) is 0 Å². The smallest absolute Gasteiger partial charge is 0.119 e. The molecular weight excluding hydrogens is 294 g/mol. The molecule has 0 amide bonds. The van der Waals surface area contributed by atoms with Crippen molar-refractivity contribution in [1.29, 1.82) is 0 Å². The molecule has 0 aliphatic heterocycles. The number of rotatable bonds is 15. The molecule has 24 heavy (non-hydrogen) atoms. The van der Waals surface area contributed by atoms with Crippen molar-refractivity contribution in [2.45, 2.75) is 71.1 Å². The molecule has 1 atom stereocenters. The molecule has 0 aliphatic carbocycles. The molecule has 138 valence electrons. The Morgan fingerprint density at radius 1 is 0.833 bits per heavy atom. The molecule has 1 unspecified atom stereocenters. The molecule has 0 spiro atoms. The van der Waals surface area contributed by atoms with Gasteiger partial charge >= 0.3 is 0 Å². The van der Waals surface area contributed by atoms with Crippen LogP contribution in [0.5, 0.6) is 5.75 Å². The highest BCUT2D eigenvalue weighted by molar-refractivity contribution is 5.20. The number of hydrogen-bond donors (Lipinski definition) is 0. The van der Waals surface area contributed by atoms with Crippen LogP contribution >= 0.6 is 0 Å². The summed E-state index contributed by atoms with van der Waals surface area (Å²) in [7, 11) is 4.33. The molecule has 0 aliphatic rings. The maximum absolute atomic E-state index is 5.89. The third-order valence-electron chi connectivity index (χ3n) is 4.72. The molecule has 1 aromatic rings. The van der Waals surface area contributed by atoms with Crippen LogP contribution in [-0.4, -0.2) is 32.1 Å². The number of hydrogen-bond acceptors (Lipinski definition) is 2. The minimum atomic E-state index is 0.843. The Morgan fingerprint density at radius 3 is 2.21 bits per heavy atom. The molecular formula is C22H39NO. The molecule has 2 nitrogen and oxygen atoms in total. The summed E-state index contributed by atoms with van der Waals surface area (Å²) in [5.41, 5.74) is 0. The van der Waals surface area contributed by atoms with Gasteiger partial charge in [0.15, 0.2) is 0 Å². The molecule has 2 heteroatoms. The van der Waals surface area contributed by atoms with Gasteiger partial charge in [0, 0.05) is 0 Å². The Labute approximate surface area is 150 Å². The van der Waals surface area contributed by atoms with E-state index in [1.54, 1.807) is 0 Å². The largest absolute Gasteiger partial charge is 0.494 e. The van der Waals surface area contributed by atoms with E-state index >= 15 is 0 Å². The Hall–Kier alpha value is -1.02. The monoisotopic (exact) mass is 333 g/mol. The first-order valence-electron chi connectivity index (χ1n) is 10.0. The molecule has 0 fully saturated rings. The van der Waals surface area contributed by atoms with Crippen LogP contribution in [0.1, 0.15) is 71.1 Å². The molecule has 1 rings (SSSR count). The predicted molar refractivity (Wildman–Crippen MR) is 106 cm³/mol. The van der Waals surface area contributed by atoms with Crippen molar-refractivity contribution < 1.29 is 4.74 Å². The number of nitrogens with zero attached hydrogens (tertiary/aromatic N) is 1. The number of para-hydroxylation sites is 1. The number of ether oxygens (including phenoxy) is 1. The van der Waals surface area contributed by atoms with Crippen molar-refractivity contribution in [1.82, 2.24) is 4.90 Å². The molecule has 0 heterocycles. The Morgan fingerprint density at radius 2 is 1.50 bits per heavy atom. The van der Waals surface area contributed by atoms with Crippen molar-refractivity contribution in [3.05, 3.63) is 30.3 Å². The lowest BCUT2D eigenvalue weighted by Crippen LogP contribution is -2.12. The van der Waals surface area contributed by atoms with Gasteiger partial charge in [-0.05, 0) is 51.5 Å². The van der Waals surface area contributed by atoms with Crippen LogP contribution in [0.15, 0.2) is 30.3 Å². The summed E-state index contributed by atoms with van der Waals surface area (Å²) in [6, 6.07) is 10.2. The minimum absolute atomic E-state index is 0.843. The maximum Gasteiger partial charge on any atom is 0.119 e. The second kappa shape index (κ2) is 14.3. The van der Waals surface area contributed by atoms with Gasteiger partial charge < -0.3 is 9.64 Å². The Kier molecular flexibility index (Phi) is 12.6. The van der Waals surface area contributed by atoms with E-state index < -0.39 is 0 Å². The number of benzene rings is 1. The molecule has 0 radical (unpaired) electrons. The fourth-order valence-electron chi connectivity index (χ4n) is 3.18. The zero-order chi connectivity index (χ0) is 17.5. The highest BCUT2D eigenvalue weighted by atomic mass is 16.5. The van der Waals surface area contributed by atoms with Crippen LogP contribution in [0, 0.1) is 5.92 Å². The predicted octanol–water partition coefficient (Wildman–Crippen LogP) is 6.16. The van der Waals surface area contributed by atoms with Gasteiger partial charge in [-0.1, -0.05) is 76.5 Å². The van der Waals surface area contributed by atoms with Crippen molar-refractivity contribution in [3.63, 3.8) is 0 Å². The van der Waals surface area contributed by atoms with Gasteiger partial charge in [-0.3, -0.25) is 0 Å². The van der Waals surface area contributed by atoms with Gasteiger partial charge in [-0.25, -0.2) is 0 Å². The lowest BCUT2D eigenvalue weighted by Gasteiger charge is -2.17. The van der Waals surface area contributed by atoms with Crippen LogP contribution in [0.3, 0.4) is 0 Å². The maximum atomic E-state index is 5.89. The lowest BCUT2D eigenvalue weighted by atomic mass is 9.92. The standard InChI is InChI=1S/C22H39NO/c1-4-5-14-21(15-10-7-6-8-13-19-23(2)3)18-20-24-22-16-11-9-12-17-22/h9,11-12,16-17,21H,4-8,10,13-15,18-20H2,1-3H3. The van der Waals surface area contributed by atoms with Crippen LogP contribution < -0.4 is 4.74 Å². The minimum Gasteiger partial charge on any atom is -0.494 e. The normalized spacial score (nSPS) is 12.5. The average molecular weight is 334 g/mol. The SMILES string of the molecule is CCCCC(CCCCCCCN(C)C)CCOc1ccccc1. The zero-order valence-electron chi connectivity index (χ0n) is 16.3. The van der Waals surface area contributed by atoms with E-state index in [0.717, 1.165) is 18.3 Å². The first-order chi connectivity index (χ1) is 11.7. The topological polar surface area (TPSA) is 12.5 Å². The van der Waals surface area contributed by atoms with Crippen molar-refractivity contribution in [2.24, 2.45) is 5.92 Å². The zero-order valence-corrected chi connectivity index (χ0v) is 16.3. The summed E-state index contributed by atoms with van der Waals surface area (Å²) in [4.78, 5) is 2.29. The summed E-state index contributed by atoms with van der Waals surface area (Å²) in [6.07, 6.45) is 13.5. The fourth-order valence-corrected chi connectivity index (χ4v) is 3.18. The fraction of sp³-hybridized carbons (Fsp3) is 0.727. The lowest BCUT2D eigenvalue weighted by molar-refractivity contribution is 0.260. The second-order valence-corrected chi connectivity index (χ2v) is 7.32. The van der Waals surface area contributed by atoms with Crippen LogP contribution in [0.2, 0.25) is 0 Å². The second-order valence-electron chi connectivity index (χ2n) is 7.32. The van der Waals surface area contributed by atoms with E-state index in [4.69, 9.17) is 4.74 Å². The van der Waals surface area contributed by atoms with E-state index in [1.807, 2.05) is 18.2 Å². The van der Waals surface area contributed by atoms with Gasteiger partial charge in [0.1, 0.15) is 5.75 Å². The Bertz CT molecular complexity index is 377. The van der Waals surface area contributed by atoms with Gasteiger partial charge in [0.25, 0.3) is 0 Å². The quantitative estimate of drug-likeness (QED) is 0.356. The van der Waals surface area contributed by atoms with Crippen molar-refractivity contribution >= 4 is 0 Å². The van der Waals surface area contributed by atoms with Crippen LogP contribution in [0.4, 0.5) is 0 Å². The molecule has 0 aromatic heterocycles. The number of unbranched alkanes of at least 4 members (excludes halogenated alkanes) is 5. The molecule has 0 saturated heterocycles. The summed E-state index contributed by atoms with van der Waals surface area (Å²) >= 11 is 0. The molecule has 0 bridgehead atoms. The average Bonchev–Trinajstić information content (AvgIpc) is 2.58. The first kappa shape index (κ1) is 21.0. The van der Waals surface area contributed by atoms with Crippen LogP contribution in [-0.2, 0) is 0 Å². The van der Waals surface area contributed by atoms with Crippen molar-refractivity contribution in [2.75, 3.05) is 27.2 Å². The Balaban J connectivity index is 2.12. The van der Waals surface area contributed by atoms with Crippen LogP contribution in [0.25, 0.3) is 0 Å². The molecule has 1 aromatic carbocycles. The van der Waals surface area contributed by atoms with E-state index in [-0.39, 0.29) is 0 Å². The highest BCUT2D eigenvalue weighted by Crippen LogP contribution is 2.21. The van der Waals surface area contributed by atoms with Crippen molar-refractivity contribution in [3.8, 4) is 5.75 Å². The van der Waals surface area contributed by atoms with E-state index in [2.05, 4.69) is 38.1 Å². The van der Waals surface area contributed by atoms with Gasteiger partial charge in [0.05, 0.1) is 6.61 Å². The van der Waals surface area contributed by atoms with E-state index in [1.165, 1.54) is 70.8 Å². The summed E-state index contributed by atoms with van der Waals surface area (Å²) < 4.78 is 5.89. The summed E-state index contributed by atoms with van der Waals surface area (Å²) in [5, 5.41) is 0. The molecule has 0 N–H and O–H groups in total. The highest BCUT2D eigenvalue weighted by Gasteiger charge is 2.08. The van der Waals surface area contributed by atoms with Gasteiger partial charge in [0.2, 0.25) is 0 Å². The van der Waals surface area contributed by atoms with E-state index in [9.17, 15) is 0 Å². The third kappa shape index (κ3) is 11.5. The molecule has 0 saturated carbocycles. The third-order valence-corrected chi connectivity index (χ3v) is 4.72. The first-order valence-corrected chi connectivity index (χ1v) is 10.0. The van der Waals surface area contributed by atoms with Gasteiger partial charge in [-0.15, -0.1) is 0 Å². The summed E-state index contributed by atoms with van der Waals surface area (Å²) in [6.45, 7) is 4.39. The summed E-state index contributed by atoms with van der Waals surface area (Å²) in [5.74, 6) is 1.85.